The third-order valence-corrected chi connectivity index (χ3v) is 3.52. The maximum absolute atomic E-state index is 11.3. The van der Waals surface area contributed by atoms with Gasteiger partial charge in [0.2, 0.25) is 0 Å². The van der Waals surface area contributed by atoms with Crippen LogP contribution in [-0.4, -0.2) is 27.4 Å². The van der Waals surface area contributed by atoms with Gasteiger partial charge in [0.15, 0.2) is 9.84 Å². The van der Waals surface area contributed by atoms with Crippen molar-refractivity contribution in [2.24, 2.45) is 16.3 Å². The van der Waals surface area contributed by atoms with Crippen LogP contribution >= 0.6 is 0 Å². The molecule has 1 aliphatic heterocycles. The predicted octanol–water partition coefficient (Wildman–Crippen LogP) is 1.66. The molecule has 3 nitrogen and oxygen atoms in total. The topological polar surface area (TPSA) is 46.5 Å². The van der Waals surface area contributed by atoms with Crippen LogP contribution in [-0.2, 0) is 9.84 Å². The van der Waals surface area contributed by atoms with Gasteiger partial charge in [-0.25, -0.2) is 8.42 Å². The molecule has 0 radical (unpaired) electrons. The highest BCUT2D eigenvalue weighted by molar-refractivity contribution is 7.95. The van der Waals surface area contributed by atoms with Crippen molar-refractivity contribution in [1.29, 1.82) is 0 Å². The standard InChI is InChI=1S/C10H17NO2S/c1-10(2,3)8-5-9(7-11-6-8)14(4,12)13/h5,7-8H,6H2,1-4H3. The fourth-order valence-electron chi connectivity index (χ4n) is 1.29. The number of hydrogen-bond donors (Lipinski definition) is 0. The molecule has 0 saturated heterocycles. The summed E-state index contributed by atoms with van der Waals surface area (Å²) < 4.78 is 22.6. The van der Waals surface area contributed by atoms with Gasteiger partial charge in [0.1, 0.15) is 0 Å². The number of dihydropyridines is 1. The van der Waals surface area contributed by atoms with Gasteiger partial charge in [-0.2, -0.15) is 0 Å². The Morgan fingerprint density at radius 2 is 2.00 bits per heavy atom. The van der Waals surface area contributed by atoms with Crippen LogP contribution in [0.1, 0.15) is 20.8 Å². The van der Waals surface area contributed by atoms with E-state index in [1.165, 1.54) is 12.5 Å². The van der Waals surface area contributed by atoms with Crippen LogP contribution in [0.2, 0.25) is 0 Å². The van der Waals surface area contributed by atoms with E-state index in [-0.39, 0.29) is 11.3 Å². The molecule has 1 heterocycles. The number of hydrogen-bond acceptors (Lipinski definition) is 3. The van der Waals surface area contributed by atoms with Gasteiger partial charge in [0.25, 0.3) is 0 Å². The first-order chi connectivity index (χ1) is 6.21. The van der Waals surface area contributed by atoms with Crippen LogP contribution in [0.3, 0.4) is 0 Å². The molecule has 1 rings (SSSR count). The van der Waals surface area contributed by atoms with Gasteiger partial charge in [0, 0.05) is 24.9 Å². The van der Waals surface area contributed by atoms with E-state index in [2.05, 4.69) is 25.8 Å². The van der Waals surface area contributed by atoms with E-state index < -0.39 is 9.84 Å². The van der Waals surface area contributed by atoms with Crippen molar-refractivity contribution in [2.75, 3.05) is 12.8 Å². The average Bonchev–Trinajstić information content (AvgIpc) is 2.01. The Kier molecular flexibility index (Phi) is 2.86. The largest absolute Gasteiger partial charge is 0.291 e. The average molecular weight is 215 g/mol. The summed E-state index contributed by atoms with van der Waals surface area (Å²) in [7, 11) is -3.11. The molecule has 0 fully saturated rings. The van der Waals surface area contributed by atoms with Crippen LogP contribution in [0.4, 0.5) is 0 Å². The summed E-state index contributed by atoms with van der Waals surface area (Å²) in [5.74, 6) is 0.206. The number of allylic oxidation sites excluding steroid dienone is 1. The Hall–Kier alpha value is -0.640. The van der Waals surface area contributed by atoms with E-state index in [0.717, 1.165) is 0 Å². The van der Waals surface area contributed by atoms with Gasteiger partial charge in [-0.05, 0) is 5.41 Å². The minimum atomic E-state index is -3.11. The normalized spacial score (nSPS) is 23.4. The zero-order chi connectivity index (χ0) is 11.0. The highest BCUT2D eigenvalue weighted by atomic mass is 32.2. The van der Waals surface area contributed by atoms with Crippen LogP contribution in [0.25, 0.3) is 0 Å². The zero-order valence-electron chi connectivity index (χ0n) is 9.11. The van der Waals surface area contributed by atoms with Gasteiger partial charge in [-0.1, -0.05) is 26.8 Å². The van der Waals surface area contributed by atoms with E-state index in [0.29, 0.717) is 11.4 Å². The van der Waals surface area contributed by atoms with Crippen molar-refractivity contribution in [3.8, 4) is 0 Å². The molecule has 0 N–H and O–H groups in total. The minimum absolute atomic E-state index is 0.0632. The van der Waals surface area contributed by atoms with E-state index >= 15 is 0 Å². The Labute approximate surface area is 85.8 Å². The van der Waals surface area contributed by atoms with Crippen molar-refractivity contribution in [3.05, 3.63) is 11.0 Å². The molecule has 0 aliphatic carbocycles. The van der Waals surface area contributed by atoms with Crippen molar-refractivity contribution < 1.29 is 8.42 Å². The van der Waals surface area contributed by atoms with Crippen LogP contribution < -0.4 is 0 Å². The molecular formula is C10H17NO2S. The summed E-state index contributed by atoms with van der Waals surface area (Å²) in [5, 5.41) is 0. The molecule has 0 aromatic carbocycles. The molecule has 0 aromatic rings. The SMILES string of the molecule is CC(C)(C)C1C=C(S(C)(=O)=O)C=NC1. The summed E-state index contributed by atoms with van der Waals surface area (Å²) in [6, 6.07) is 0. The first-order valence-electron chi connectivity index (χ1n) is 4.63. The van der Waals surface area contributed by atoms with E-state index in [1.807, 2.05) is 6.08 Å². The van der Waals surface area contributed by atoms with Crippen molar-refractivity contribution >= 4 is 16.1 Å². The monoisotopic (exact) mass is 215 g/mol. The highest BCUT2D eigenvalue weighted by Crippen LogP contribution is 2.30. The summed E-state index contributed by atoms with van der Waals surface area (Å²) in [6.45, 7) is 6.96. The third kappa shape index (κ3) is 2.67. The lowest BCUT2D eigenvalue weighted by molar-refractivity contribution is 0.299. The molecule has 0 bridgehead atoms. The van der Waals surface area contributed by atoms with E-state index in [9.17, 15) is 8.42 Å². The van der Waals surface area contributed by atoms with Crippen molar-refractivity contribution in [2.45, 2.75) is 20.8 Å². The van der Waals surface area contributed by atoms with Crippen LogP contribution in [0, 0.1) is 11.3 Å². The Morgan fingerprint density at radius 1 is 1.43 bits per heavy atom. The minimum Gasteiger partial charge on any atom is -0.291 e. The molecule has 0 saturated carbocycles. The summed E-state index contributed by atoms with van der Waals surface area (Å²) in [5.41, 5.74) is 0.0632. The maximum atomic E-state index is 11.3. The first-order valence-corrected chi connectivity index (χ1v) is 6.52. The second-order valence-corrected chi connectivity index (χ2v) is 6.82. The summed E-state index contributed by atoms with van der Waals surface area (Å²) in [6.07, 6.45) is 4.50. The van der Waals surface area contributed by atoms with Gasteiger partial charge < -0.3 is 0 Å². The fourth-order valence-corrected chi connectivity index (χ4v) is 1.97. The number of aliphatic imine (C=N–C) groups is 1. The molecule has 0 amide bonds. The summed E-state index contributed by atoms with van der Waals surface area (Å²) in [4.78, 5) is 4.45. The number of nitrogens with zero attached hydrogens (tertiary/aromatic N) is 1. The first kappa shape index (κ1) is 11.4. The lowest BCUT2D eigenvalue weighted by atomic mass is 9.80. The molecule has 1 atom stereocenters. The fraction of sp³-hybridized carbons (Fsp3) is 0.700. The molecule has 4 heteroatoms. The van der Waals surface area contributed by atoms with E-state index in [1.54, 1.807) is 0 Å². The van der Waals surface area contributed by atoms with Crippen LogP contribution in [0.15, 0.2) is 16.0 Å². The molecular weight excluding hydrogens is 198 g/mol. The van der Waals surface area contributed by atoms with Gasteiger partial charge in [-0.15, -0.1) is 0 Å². The Morgan fingerprint density at radius 3 is 2.43 bits per heavy atom. The van der Waals surface area contributed by atoms with Gasteiger partial charge in [-0.3, -0.25) is 4.99 Å². The Bertz CT molecular complexity index is 371. The molecule has 1 unspecified atom stereocenters. The van der Waals surface area contributed by atoms with Crippen LogP contribution in [0.5, 0.6) is 0 Å². The third-order valence-electron chi connectivity index (χ3n) is 2.43. The maximum Gasteiger partial charge on any atom is 0.176 e. The quantitative estimate of drug-likeness (QED) is 0.668. The Balaban J connectivity index is 3.02. The smallest absolute Gasteiger partial charge is 0.176 e. The zero-order valence-corrected chi connectivity index (χ0v) is 9.93. The summed E-state index contributed by atoms with van der Waals surface area (Å²) >= 11 is 0. The molecule has 0 spiro atoms. The second kappa shape index (κ2) is 3.50. The van der Waals surface area contributed by atoms with Gasteiger partial charge in [0.05, 0.1) is 4.91 Å². The molecule has 1 aliphatic rings. The highest BCUT2D eigenvalue weighted by Gasteiger charge is 2.26. The predicted molar refractivity (Wildman–Crippen MR) is 59.2 cm³/mol. The second-order valence-electron chi connectivity index (χ2n) is 4.81. The molecule has 80 valence electrons. The van der Waals surface area contributed by atoms with E-state index in [4.69, 9.17) is 0 Å². The lowest BCUT2D eigenvalue weighted by Gasteiger charge is -2.28. The number of sulfone groups is 1. The number of rotatable bonds is 1. The van der Waals surface area contributed by atoms with Gasteiger partial charge >= 0.3 is 0 Å². The lowest BCUT2D eigenvalue weighted by Crippen LogP contribution is -2.25. The van der Waals surface area contributed by atoms with Crippen molar-refractivity contribution in [3.63, 3.8) is 0 Å². The molecule has 0 aromatic heterocycles. The molecule has 14 heavy (non-hydrogen) atoms. The van der Waals surface area contributed by atoms with Crippen molar-refractivity contribution in [1.82, 2.24) is 0 Å².